The summed E-state index contributed by atoms with van der Waals surface area (Å²) in [6.45, 7) is 1.89. The average Bonchev–Trinajstić information content (AvgIpc) is 2.26. The zero-order valence-electron chi connectivity index (χ0n) is 8.87. The molecule has 0 unspecified atom stereocenters. The van der Waals surface area contributed by atoms with E-state index in [9.17, 15) is 9.50 Å². The molecule has 0 saturated heterocycles. The van der Waals surface area contributed by atoms with Crippen molar-refractivity contribution in [3.05, 3.63) is 24.0 Å². The molecule has 0 heterocycles. The van der Waals surface area contributed by atoms with E-state index in [2.05, 4.69) is 0 Å². The number of rotatable bonds is 5. The van der Waals surface area contributed by atoms with Crippen molar-refractivity contribution in [3.63, 3.8) is 0 Å². The summed E-state index contributed by atoms with van der Waals surface area (Å²) < 4.78 is 23.4. The molecule has 4 heteroatoms. The molecule has 1 aromatic rings. The Morgan fingerprint density at radius 1 is 1.47 bits per heavy atom. The van der Waals surface area contributed by atoms with E-state index in [4.69, 9.17) is 9.47 Å². The minimum absolute atomic E-state index is 0.0486. The number of benzene rings is 1. The maximum atomic E-state index is 13.3. The molecule has 1 aromatic carbocycles. The third-order valence-electron chi connectivity index (χ3n) is 2.04. The van der Waals surface area contributed by atoms with Crippen LogP contribution in [0.4, 0.5) is 4.39 Å². The highest BCUT2D eigenvalue weighted by Crippen LogP contribution is 2.29. The summed E-state index contributed by atoms with van der Waals surface area (Å²) in [5.41, 5.74) is 0. The second kappa shape index (κ2) is 5.56. The standard InChI is InChI=1S/C11H15FO3/c1-3-8(13)7-15-11-9(12)5-4-6-10(11)14-2/h4-6,8,13H,3,7H2,1-2H3/t8-/m0/s1. The van der Waals surface area contributed by atoms with Gasteiger partial charge in [0.15, 0.2) is 17.3 Å². The van der Waals surface area contributed by atoms with Crippen LogP contribution in [0.25, 0.3) is 0 Å². The van der Waals surface area contributed by atoms with Crippen molar-refractivity contribution >= 4 is 0 Å². The second-order valence-corrected chi connectivity index (χ2v) is 3.14. The van der Waals surface area contributed by atoms with E-state index in [1.807, 2.05) is 6.92 Å². The predicted octanol–water partition coefficient (Wildman–Crippen LogP) is 1.98. The van der Waals surface area contributed by atoms with Gasteiger partial charge in [0.05, 0.1) is 13.2 Å². The number of ether oxygens (including phenoxy) is 2. The molecule has 0 fully saturated rings. The lowest BCUT2D eigenvalue weighted by atomic mass is 10.3. The van der Waals surface area contributed by atoms with Crippen LogP contribution in [0.3, 0.4) is 0 Å². The lowest BCUT2D eigenvalue weighted by Crippen LogP contribution is -2.16. The quantitative estimate of drug-likeness (QED) is 0.814. The van der Waals surface area contributed by atoms with E-state index in [1.165, 1.54) is 19.2 Å². The minimum atomic E-state index is -0.589. The SMILES string of the molecule is CC[C@H](O)COc1c(F)cccc1OC. The molecular weight excluding hydrogens is 199 g/mol. The molecule has 0 aromatic heterocycles. The fourth-order valence-corrected chi connectivity index (χ4v) is 1.09. The largest absolute Gasteiger partial charge is 0.493 e. The van der Waals surface area contributed by atoms with Gasteiger partial charge in [0, 0.05) is 0 Å². The molecule has 3 nitrogen and oxygen atoms in total. The molecule has 0 aliphatic rings. The highest BCUT2D eigenvalue weighted by molar-refractivity contribution is 5.40. The summed E-state index contributed by atoms with van der Waals surface area (Å²) in [6.07, 6.45) is -0.0224. The van der Waals surface area contributed by atoms with Crippen LogP contribution in [0.5, 0.6) is 11.5 Å². The molecule has 0 spiro atoms. The molecule has 84 valence electrons. The average molecular weight is 214 g/mol. The molecule has 0 amide bonds. The van der Waals surface area contributed by atoms with Crippen LogP contribution in [0.2, 0.25) is 0 Å². The first kappa shape index (κ1) is 11.8. The Morgan fingerprint density at radius 3 is 2.80 bits per heavy atom. The predicted molar refractivity (Wildman–Crippen MR) is 54.7 cm³/mol. The highest BCUT2D eigenvalue weighted by Gasteiger charge is 2.11. The lowest BCUT2D eigenvalue weighted by Gasteiger charge is -2.13. The number of para-hydroxylation sites is 1. The van der Waals surface area contributed by atoms with Gasteiger partial charge in [0.2, 0.25) is 0 Å². The third-order valence-corrected chi connectivity index (χ3v) is 2.04. The van der Waals surface area contributed by atoms with Gasteiger partial charge in [-0.25, -0.2) is 4.39 Å². The van der Waals surface area contributed by atoms with E-state index in [0.29, 0.717) is 12.2 Å². The highest BCUT2D eigenvalue weighted by atomic mass is 19.1. The Kier molecular flexibility index (Phi) is 4.37. The maximum Gasteiger partial charge on any atom is 0.197 e. The topological polar surface area (TPSA) is 38.7 Å². The molecule has 1 N–H and O–H groups in total. The number of aliphatic hydroxyl groups is 1. The Labute approximate surface area is 88.4 Å². The van der Waals surface area contributed by atoms with Crippen LogP contribution in [-0.4, -0.2) is 24.9 Å². The van der Waals surface area contributed by atoms with Crippen molar-refractivity contribution in [2.75, 3.05) is 13.7 Å². The zero-order chi connectivity index (χ0) is 11.3. The third kappa shape index (κ3) is 3.09. The number of halogens is 1. The van der Waals surface area contributed by atoms with Crippen LogP contribution in [0.1, 0.15) is 13.3 Å². The lowest BCUT2D eigenvalue weighted by molar-refractivity contribution is 0.100. The summed E-state index contributed by atoms with van der Waals surface area (Å²) in [5.74, 6) is -0.108. The van der Waals surface area contributed by atoms with Crippen molar-refractivity contribution < 1.29 is 19.0 Å². The van der Waals surface area contributed by atoms with Crippen LogP contribution < -0.4 is 9.47 Å². The summed E-state index contributed by atoms with van der Waals surface area (Å²) in [6, 6.07) is 4.43. The molecule has 0 bridgehead atoms. The van der Waals surface area contributed by atoms with Gasteiger partial charge in [-0.05, 0) is 18.6 Å². The van der Waals surface area contributed by atoms with Crippen molar-refractivity contribution in [2.24, 2.45) is 0 Å². The van der Waals surface area contributed by atoms with Gasteiger partial charge < -0.3 is 14.6 Å². The van der Waals surface area contributed by atoms with E-state index in [-0.39, 0.29) is 12.4 Å². The smallest absolute Gasteiger partial charge is 0.197 e. The fraction of sp³-hybridized carbons (Fsp3) is 0.455. The number of methoxy groups -OCH3 is 1. The molecule has 0 radical (unpaired) electrons. The maximum absolute atomic E-state index is 13.3. The molecule has 1 rings (SSSR count). The van der Waals surface area contributed by atoms with Gasteiger partial charge in [-0.2, -0.15) is 0 Å². The summed E-state index contributed by atoms with van der Waals surface area (Å²) in [7, 11) is 1.44. The molecular formula is C11H15FO3. The summed E-state index contributed by atoms with van der Waals surface area (Å²) >= 11 is 0. The molecule has 0 aliphatic heterocycles. The monoisotopic (exact) mass is 214 g/mol. The van der Waals surface area contributed by atoms with Crippen LogP contribution in [0, 0.1) is 5.82 Å². The molecule has 0 saturated carbocycles. The minimum Gasteiger partial charge on any atom is -0.493 e. The Hall–Kier alpha value is -1.29. The van der Waals surface area contributed by atoms with Crippen molar-refractivity contribution in [1.82, 2.24) is 0 Å². The van der Waals surface area contributed by atoms with Gasteiger partial charge in [0.25, 0.3) is 0 Å². The van der Waals surface area contributed by atoms with E-state index < -0.39 is 11.9 Å². The number of hydrogen-bond acceptors (Lipinski definition) is 3. The Balaban J connectivity index is 2.74. The second-order valence-electron chi connectivity index (χ2n) is 3.14. The first-order valence-corrected chi connectivity index (χ1v) is 4.82. The van der Waals surface area contributed by atoms with Crippen molar-refractivity contribution in [2.45, 2.75) is 19.4 Å². The molecule has 0 aliphatic carbocycles. The zero-order valence-corrected chi connectivity index (χ0v) is 8.87. The summed E-state index contributed by atoms with van der Waals surface area (Å²) in [4.78, 5) is 0. The van der Waals surface area contributed by atoms with Gasteiger partial charge in [-0.1, -0.05) is 13.0 Å². The summed E-state index contributed by atoms with van der Waals surface area (Å²) in [5, 5.41) is 9.29. The first-order chi connectivity index (χ1) is 7.19. The Morgan fingerprint density at radius 2 is 2.20 bits per heavy atom. The van der Waals surface area contributed by atoms with E-state index in [1.54, 1.807) is 6.07 Å². The van der Waals surface area contributed by atoms with Crippen LogP contribution in [-0.2, 0) is 0 Å². The van der Waals surface area contributed by atoms with Crippen LogP contribution >= 0.6 is 0 Å². The number of aliphatic hydroxyl groups excluding tert-OH is 1. The van der Waals surface area contributed by atoms with Crippen molar-refractivity contribution in [3.8, 4) is 11.5 Å². The normalized spacial score (nSPS) is 12.3. The van der Waals surface area contributed by atoms with Gasteiger partial charge >= 0.3 is 0 Å². The first-order valence-electron chi connectivity index (χ1n) is 4.82. The fourth-order valence-electron chi connectivity index (χ4n) is 1.09. The van der Waals surface area contributed by atoms with E-state index >= 15 is 0 Å². The number of hydrogen-bond donors (Lipinski definition) is 1. The van der Waals surface area contributed by atoms with Gasteiger partial charge in [-0.3, -0.25) is 0 Å². The van der Waals surface area contributed by atoms with Gasteiger partial charge in [-0.15, -0.1) is 0 Å². The molecule has 15 heavy (non-hydrogen) atoms. The van der Waals surface area contributed by atoms with Gasteiger partial charge in [0.1, 0.15) is 6.61 Å². The van der Waals surface area contributed by atoms with E-state index in [0.717, 1.165) is 0 Å². The Bertz CT molecular complexity index is 315. The molecule has 1 atom stereocenters. The van der Waals surface area contributed by atoms with Crippen molar-refractivity contribution in [1.29, 1.82) is 0 Å². The van der Waals surface area contributed by atoms with Crippen LogP contribution in [0.15, 0.2) is 18.2 Å².